The Kier molecular flexibility index (Phi) is 5.77. The summed E-state index contributed by atoms with van der Waals surface area (Å²) in [6.45, 7) is 0.350. The van der Waals surface area contributed by atoms with Crippen molar-refractivity contribution in [3.8, 4) is 11.1 Å². The van der Waals surface area contributed by atoms with Gasteiger partial charge < -0.3 is 9.87 Å². The molecule has 5 nitrogen and oxygen atoms in total. The molecule has 1 amide bonds. The average Bonchev–Trinajstić information content (AvgIpc) is 3.32. The van der Waals surface area contributed by atoms with Crippen molar-refractivity contribution in [3.63, 3.8) is 0 Å². The van der Waals surface area contributed by atoms with E-state index in [-0.39, 0.29) is 23.2 Å². The minimum absolute atomic E-state index is 0.135. The standard InChI is InChI=1S/C17H16N2O3S3/c20-17(14-4-1-3-13(11-14)15-6-10-23-12-15)18-7-8-19-25(21,22)16-5-2-9-24-16/h1-6,9-12H,7-8H2,(H2-,18,19,20,21,22). The second kappa shape index (κ2) is 8.03. The number of hydrogen-bond donors (Lipinski definition) is 2. The summed E-state index contributed by atoms with van der Waals surface area (Å²) in [5.74, 6) is -0.229. The molecule has 0 saturated carbocycles. The van der Waals surface area contributed by atoms with Crippen molar-refractivity contribution in [1.82, 2.24) is 10.0 Å². The second-order valence-electron chi connectivity index (χ2n) is 5.18. The highest BCUT2D eigenvalue weighted by Crippen LogP contribution is 2.23. The van der Waals surface area contributed by atoms with Crippen molar-refractivity contribution in [2.75, 3.05) is 13.1 Å². The number of nitrogens with one attached hydrogen (secondary N) is 2. The Labute approximate surface area is 155 Å². The summed E-state index contributed by atoms with van der Waals surface area (Å²) in [6, 6.07) is 12.6. The van der Waals surface area contributed by atoms with Crippen LogP contribution in [0.2, 0.25) is 0 Å². The summed E-state index contributed by atoms with van der Waals surface area (Å²) in [6.07, 6.45) is 0. The van der Waals surface area contributed by atoms with E-state index in [4.69, 9.17) is 0 Å². The Morgan fingerprint density at radius 1 is 1.08 bits per heavy atom. The van der Waals surface area contributed by atoms with Gasteiger partial charge in [-0.15, -0.1) is 4.72 Å². The molecule has 2 aromatic heterocycles. The topological polar surface area (TPSA) is 81.3 Å². The minimum atomic E-state index is -3.50. The van der Waals surface area contributed by atoms with Gasteiger partial charge in [-0.1, -0.05) is 27.7 Å². The van der Waals surface area contributed by atoms with E-state index >= 15 is 0 Å². The van der Waals surface area contributed by atoms with Crippen molar-refractivity contribution in [2.24, 2.45) is 0 Å². The van der Waals surface area contributed by atoms with Gasteiger partial charge in [-0.25, -0.2) is 0 Å². The maximum absolute atomic E-state index is 12.2. The van der Waals surface area contributed by atoms with Crippen LogP contribution in [0.4, 0.5) is 0 Å². The first kappa shape index (κ1) is 18.0. The van der Waals surface area contributed by atoms with E-state index in [1.165, 1.54) is 0 Å². The van der Waals surface area contributed by atoms with Crippen molar-refractivity contribution < 1.29 is 13.6 Å². The Morgan fingerprint density at radius 3 is 2.68 bits per heavy atom. The molecule has 1 atom stereocenters. The largest absolute Gasteiger partial charge is 0.592 e. The van der Waals surface area contributed by atoms with Crippen LogP contribution in [-0.4, -0.2) is 23.5 Å². The fraction of sp³-hybridized carbons (Fsp3) is 0.118. The predicted octanol–water partition coefficient (Wildman–Crippen LogP) is 3.40. The van der Waals surface area contributed by atoms with Gasteiger partial charge in [0.2, 0.25) is 4.21 Å². The lowest BCUT2D eigenvalue weighted by atomic mass is 10.1. The van der Waals surface area contributed by atoms with Crippen molar-refractivity contribution in [2.45, 2.75) is 4.21 Å². The normalized spacial score (nSPS) is 13.3. The highest BCUT2D eigenvalue weighted by Gasteiger charge is 2.20. The van der Waals surface area contributed by atoms with Gasteiger partial charge in [0.1, 0.15) is 0 Å². The molecule has 0 aliphatic carbocycles. The number of rotatable bonds is 7. The molecule has 3 rings (SSSR count). The molecule has 0 radical (unpaired) electrons. The Hall–Kier alpha value is -1.84. The summed E-state index contributed by atoms with van der Waals surface area (Å²) >= 11 is 2.76. The maximum atomic E-state index is 12.2. The highest BCUT2D eigenvalue weighted by molar-refractivity contribution is 7.97. The number of amides is 1. The van der Waals surface area contributed by atoms with E-state index in [0.717, 1.165) is 22.5 Å². The molecule has 3 aromatic rings. The van der Waals surface area contributed by atoms with E-state index < -0.39 is 10.4 Å². The van der Waals surface area contributed by atoms with E-state index in [0.29, 0.717) is 5.56 Å². The third-order valence-electron chi connectivity index (χ3n) is 3.44. The number of thiophene rings is 2. The van der Waals surface area contributed by atoms with Gasteiger partial charge in [0.15, 0.2) is 10.4 Å². The van der Waals surface area contributed by atoms with Crippen LogP contribution in [0, 0.1) is 0 Å². The molecule has 8 heteroatoms. The first-order chi connectivity index (χ1) is 12.1. The molecule has 0 aliphatic heterocycles. The third kappa shape index (κ3) is 4.62. The molecule has 2 heterocycles. The van der Waals surface area contributed by atoms with E-state index in [9.17, 15) is 13.6 Å². The van der Waals surface area contributed by atoms with Crippen LogP contribution in [0.3, 0.4) is 0 Å². The molecular weight excluding hydrogens is 376 g/mol. The molecule has 2 N–H and O–H groups in total. The molecule has 130 valence electrons. The van der Waals surface area contributed by atoms with Crippen LogP contribution in [0.25, 0.3) is 11.1 Å². The molecule has 0 spiro atoms. The van der Waals surface area contributed by atoms with Gasteiger partial charge in [-0.05, 0) is 51.5 Å². The fourth-order valence-corrected chi connectivity index (χ4v) is 4.95. The molecule has 1 aromatic carbocycles. The lowest BCUT2D eigenvalue weighted by Crippen LogP contribution is -2.37. The van der Waals surface area contributed by atoms with Gasteiger partial charge in [0, 0.05) is 18.2 Å². The number of benzene rings is 1. The summed E-state index contributed by atoms with van der Waals surface area (Å²) < 4.78 is 26.7. The number of carbonyl (C=O) groups is 1. The zero-order valence-electron chi connectivity index (χ0n) is 13.1. The molecular formula is C17H16N2O3S3. The molecule has 25 heavy (non-hydrogen) atoms. The van der Waals surface area contributed by atoms with Gasteiger partial charge in [-0.2, -0.15) is 11.3 Å². The van der Waals surface area contributed by atoms with Gasteiger partial charge in [0.25, 0.3) is 5.91 Å². The minimum Gasteiger partial charge on any atom is -0.592 e. The number of sulfonamides is 1. The van der Waals surface area contributed by atoms with Gasteiger partial charge in [0.05, 0.1) is 6.54 Å². The monoisotopic (exact) mass is 392 g/mol. The number of hydrogen-bond acceptors (Lipinski definition) is 5. The molecule has 0 saturated heterocycles. The highest BCUT2D eigenvalue weighted by atomic mass is 32.3. The van der Waals surface area contributed by atoms with Crippen LogP contribution in [0.5, 0.6) is 0 Å². The summed E-state index contributed by atoms with van der Waals surface area (Å²) in [4.78, 5) is 12.2. The van der Waals surface area contributed by atoms with Crippen LogP contribution < -0.4 is 10.0 Å². The van der Waals surface area contributed by atoms with Crippen LogP contribution in [-0.2, 0) is 14.6 Å². The maximum Gasteiger partial charge on any atom is 0.251 e. The summed E-state index contributed by atoms with van der Waals surface area (Å²) in [5, 5.41) is 8.45. The van der Waals surface area contributed by atoms with E-state index in [1.54, 1.807) is 34.9 Å². The zero-order chi connectivity index (χ0) is 17.7. The first-order valence-corrected chi connectivity index (χ1v) is 10.8. The van der Waals surface area contributed by atoms with Crippen molar-refractivity contribution in [1.29, 1.82) is 0 Å². The molecule has 0 fully saturated rings. The van der Waals surface area contributed by atoms with Gasteiger partial charge in [-0.3, -0.25) is 4.79 Å². The SMILES string of the molecule is O=C(NCCN[S+](=O)([O-])c1cccs1)c1cccc(-c2ccsc2)c1. The van der Waals surface area contributed by atoms with E-state index in [2.05, 4.69) is 10.0 Å². The second-order valence-corrected chi connectivity index (χ2v) is 8.90. The van der Waals surface area contributed by atoms with Crippen LogP contribution in [0.15, 0.2) is 62.8 Å². The quantitative estimate of drug-likeness (QED) is 0.478. The van der Waals surface area contributed by atoms with Crippen LogP contribution >= 0.6 is 22.7 Å². The average molecular weight is 393 g/mol. The van der Waals surface area contributed by atoms with Gasteiger partial charge >= 0.3 is 0 Å². The summed E-state index contributed by atoms with van der Waals surface area (Å²) in [7, 11) is -3.50. The zero-order valence-corrected chi connectivity index (χ0v) is 15.6. The molecule has 0 aliphatic rings. The van der Waals surface area contributed by atoms with E-state index in [1.807, 2.05) is 35.0 Å². The van der Waals surface area contributed by atoms with Crippen molar-refractivity contribution in [3.05, 3.63) is 64.2 Å². The lowest BCUT2D eigenvalue weighted by Gasteiger charge is -2.13. The summed E-state index contributed by atoms with van der Waals surface area (Å²) in [5.41, 5.74) is 2.60. The Balaban J connectivity index is 1.53. The third-order valence-corrected chi connectivity index (χ3v) is 6.98. The molecule has 0 bridgehead atoms. The Bertz CT molecular complexity index is 876. The lowest BCUT2D eigenvalue weighted by molar-refractivity contribution is 0.0954. The first-order valence-electron chi connectivity index (χ1n) is 7.50. The smallest absolute Gasteiger partial charge is 0.251 e. The predicted molar refractivity (Wildman–Crippen MR) is 102 cm³/mol. The number of carbonyl (C=O) groups excluding carboxylic acids is 1. The Morgan fingerprint density at radius 2 is 1.96 bits per heavy atom. The van der Waals surface area contributed by atoms with Crippen molar-refractivity contribution >= 4 is 39.0 Å². The molecule has 1 unspecified atom stereocenters. The van der Waals surface area contributed by atoms with Crippen LogP contribution in [0.1, 0.15) is 10.4 Å². The fourth-order valence-electron chi connectivity index (χ4n) is 2.22.